The van der Waals surface area contributed by atoms with Gasteiger partial charge >= 0.3 is 0 Å². The molecule has 0 aliphatic heterocycles. The van der Waals surface area contributed by atoms with Crippen LogP contribution in [-0.4, -0.2) is 19.2 Å². The minimum Gasteiger partial charge on any atom is -0.350 e. The Hall–Kier alpha value is -2.15. The van der Waals surface area contributed by atoms with Gasteiger partial charge in [0.25, 0.3) is 0 Å². The Balaban J connectivity index is 2.23. The van der Waals surface area contributed by atoms with E-state index in [9.17, 15) is 0 Å². The molecule has 2 aromatic rings. The zero-order valence-electron chi connectivity index (χ0n) is 11.0. The molecule has 0 atom stereocenters. The summed E-state index contributed by atoms with van der Waals surface area (Å²) in [5.74, 6) is 6.21. The molecule has 1 aromatic heterocycles. The molecule has 0 amide bonds. The number of hydrogen-bond donors (Lipinski definition) is 0. The molecule has 0 unspecified atom stereocenters. The van der Waals surface area contributed by atoms with E-state index in [2.05, 4.69) is 16.8 Å². The van der Waals surface area contributed by atoms with Crippen molar-refractivity contribution < 1.29 is 9.47 Å². The fourth-order valence-electron chi connectivity index (χ4n) is 1.66. The van der Waals surface area contributed by atoms with E-state index in [4.69, 9.17) is 9.47 Å². The van der Waals surface area contributed by atoms with Crippen LogP contribution in [0.1, 0.15) is 23.1 Å². The number of aromatic nitrogens is 1. The normalized spacial score (nSPS) is 10.1. The molecule has 0 saturated heterocycles. The topological polar surface area (TPSA) is 31.4 Å². The third-order valence-corrected chi connectivity index (χ3v) is 2.58. The van der Waals surface area contributed by atoms with Gasteiger partial charge in [0, 0.05) is 31.5 Å². The summed E-state index contributed by atoms with van der Waals surface area (Å²) in [5, 5.41) is 0. The van der Waals surface area contributed by atoms with Crippen LogP contribution in [0.4, 0.5) is 0 Å². The van der Waals surface area contributed by atoms with E-state index in [0.29, 0.717) is 5.69 Å². The largest absolute Gasteiger partial charge is 0.350 e. The van der Waals surface area contributed by atoms with Crippen LogP contribution in [0.2, 0.25) is 0 Å². The van der Waals surface area contributed by atoms with E-state index in [0.717, 1.165) is 11.1 Å². The highest BCUT2D eigenvalue weighted by molar-refractivity contribution is 5.42. The maximum absolute atomic E-state index is 5.17. The van der Waals surface area contributed by atoms with E-state index in [1.165, 1.54) is 0 Å². The van der Waals surface area contributed by atoms with E-state index in [-0.39, 0.29) is 0 Å². The number of benzene rings is 1. The fourth-order valence-corrected chi connectivity index (χ4v) is 1.66. The minimum absolute atomic E-state index is 0.460. The SMILES string of the molecule is COC(OC)c1cc(C#Cc2ccccc2)ccn1. The van der Waals surface area contributed by atoms with Gasteiger partial charge in [-0.2, -0.15) is 0 Å². The van der Waals surface area contributed by atoms with Gasteiger partial charge in [0.05, 0.1) is 5.69 Å². The smallest absolute Gasteiger partial charge is 0.200 e. The van der Waals surface area contributed by atoms with Crippen molar-refractivity contribution in [3.05, 3.63) is 65.5 Å². The van der Waals surface area contributed by atoms with Crippen molar-refractivity contribution in [2.75, 3.05) is 14.2 Å². The molecule has 19 heavy (non-hydrogen) atoms. The van der Waals surface area contributed by atoms with Gasteiger partial charge in [-0.05, 0) is 24.3 Å². The fraction of sp³-hybridized carbons (Fsp3) is 0.188. The number of nitrogens with zero attached hydrogens (tertiary/aromatic N) is 1. The van der Waals surface area contributed by atoms with Gasteiger partial charge in [-0.1, -0.05) is 30.0 Å². The molecular formula is C16H15NO2. The molecule has 0 radical (unpaired) electrons. The molecule has 3 heteroatoms. The monoisotopic (exact) mass is 253 g/mol. The molecule has 0 aliphatic rings. The molecule has 0 bridgehead atoms. The molecule has 0 spiro atoms. The van der Waals surface area contributed by atoms with Crippen LogP contribution in [-0.2, 0) is 9.47 Å². The van der Waals surface area contributed by atoms with Crippen LogP contribution in [0.5, 0.6) is 0 Å². The molecular weight excluding hydrogens is 238 g/mol. The Morgan fingerprint density at radius 3 is 2.32 bits per heavy atom. The lowest BCUT2D eigenvalue weighted by Crippen LogP contribution is -2.05. The molecule has 1 aromatic carbocycles. The number of hydrogen-bond acceptors (Lipinski definition) is 3. The lowest BCUT2D eigenvalue weighted by Gasteiger charge is -2.12. The zero-order valence-corrected chi connectivity index (χ0v) is 11.0. The summed E-state index contributed by atoms with van der Waals surface area (Å²) in [6, 6.07) is 13.6. The van der Waals surface area contributed by atoms with Crippen molar-refractivity contribution in [3.63, 3.8) is 0 Å². The van der Waals surface area contributed by atoms with Crippen LogP contribution in [0.25, 0.3) is 0 Å². The van der Waals surface area contributed by atoms with Crippen molar-refractivity contribution >= 4 is 0 Å². The second kappa shape index (κ2) is 6.69. The summed E-state index contributed by atoms with van der Waals surface area (Å²) in [4.78, 5) is 4.22. The summed E-state index contributed by atoms with van der Waals surface area (Å²) in [7, 11) is 3.16. The first-order valence-corrected chi connectivity index (χ1v) is 5.92. The Labute approximate surface area is 113 Å². The second-order valence-electron chi connectivity index (χ2n) is 3.89. The lowest BCUT2D eigenvalue weighted by atomic mass is 10.2. The molecule has 96 valence electrons. The average Bonchev–Trinajstić information content (AvgIpc) is 2.48. The third kappa shape index (κ3) is 3.65. The van der Waals surface area contributed by atoms with Crippen molar-refractivity contribution in [1.29, 1.82) is 0 Å². The highest BCUT2D eigenvalue weighted by atomic mass is 16.7. The van der Waals surface area contributed by atoms with Gasteiger partial charge in [0.15, 0.2) is 0 Å². The number of ether oxygens (including phenoxy) is 2. The molecule has 0 N–H and O–H groups in total. The van der Waals surface area contributed by atoms with Crippen LogP contribution < -0.4 is 0 Å². The van der Waals surface area contributed by atoms with E-state index >= 15 is 0 Å². The van der Waals surface area contributed by atoms with E-state index in [1.807, 2.05) is 42.5 Å². The second-order valence-corrected chi connectivity index (χ2v) is 3.89. The summed E-state index contributed by atoms with van der Waals surface area (Å²) in [5.41, 5.74) is 2.58. The van der Waals surface area contributed by atoms with Crippen molar-refractivity contribution in [2.45, 2.75) is 6.29 Å². The first kappa shape index (κ1) is 13.3. The molecule has 2 rings (SSSR count). The Kier molecular flexibility index (Phi) is 4.68. The molecule has 1 heterocycles. The highest BCUT2D eigenvalue weighted by Crippen LogP contribution is 2.15. The molecule has 0 fully saturated rings. The Morgan fingerprint density at radius 2 is 1.63 bits per heavy atom. The Bertz CT molecular complexity index is 580. The van der Waals surface area contributed by atoms with Gasteiger partial charge in [-0.15, -0.1) is 0 Å². The average molecular weight is 253 g/mol. The van der Waals surface area contributed by atoms with Gasteiger partial charge < -0.3 is 9.47 Å². The van der Waals surface area contributed by atoms with Crippen molar-refractivity contribution in [1.82, 2.24) is 4.98 Å². The standard InChI is InChI=1S/C16H15NO2/c1-18-16(19-2)15-12-14(10-11-17-15)9-8-13-6-4-3-5-7-13/h3-7,10-12,16H,1-2H3. The quantitative estimate of drug-likeness (QED) is 0.622. The first-order valence-electron chi connectivity index (χ1n) is 5.92. The maximum atomic E-state index is 5.17. The minimum atomic E-state index is -0.460. The number of pyridine rings is 1. The number of methoxy groups -OCH3 is 2. The van der Waals surface area contributed by atoms with Gasteiger partial charge in [0.2, 0.25) is 6.29 Å². The summed E-state index contributed by atoms with van der Waals surface area (Å²) in [6.07, 6.45) is 1.24. The molecule has 0 aliphatic carbocycles. The highest BCUT2D eigenvalue weighted by Gasteiger charge is 2.09. The van der Waals surface area contributed by atoms with E-state index < -0.39 is 6.29 Å². The van der Waals surface area contributed by atoms with Crippen LogP contribution in [0.15, 0.2) is 48.7 Å². The zero-order chi connectivity index (χ0) is 13.5. The van der Waals surface area contributed by atoms with Gasteiger partial charge in [0.1, 0.15) is 0 Å². The van der Waals surface area contributed by atoms with E-state index in [1.54, 1.807) is 20.4 Å². The van der Waals surface area contributed by atoms with Crippen LogP contribution in [0.3, 0.4) is 0 Å². The predicted octanol–water partition coefficient (Wildman–Crippen LogP) is 2.77. The summed E-state index contributed by atoms with van der Waals surface area (Å²) >= 11 is 0. The third-order valence-electron chi connectivity index (χ3n) is 2.58. The van der Waals surface area contributed by atoms with Gasteiger partial charge in [-0.25, -0.2) is 0 Å². The lowest BCUT2D eigenvalue weighted by molar-refractivity contribution is -0.108. The number of rotatable bonds is 3. The molecule has 3 nitrogen and oxygen atoms in total. The Morgan fingerprint density at radius 1 is 0.947 bits per heavy atom. The van der Waals surface area contributed by atoms with Gasteiger partial charge in [-0.3, -0.25) is 4.98 Å². The molecule has 0 saturated carbocycles. The van der Waals surface area contributed by atoms with Crippen LogP contribution >= 0.6 is 0 Å². The van der Waals surface area contributed by atoms with Crippen molar-refractivity contribution in [2.24, 2.45) is 0 Å². The first-order chi connectivity index (χ1) is 9.33. The summed E-state index contributed by atoms with van der Waals surface area (Å²) < 4.78 is 10.3. The van der Waals surface area contributed by atoms with Crippen molar-refractivity contribution in [3.8, 4) is 11.8 Å². The maximum Gasteiger partial charge on any atom is 0.200 e. The summed E-state index contributed by atoms with van der Waals surface area (Å²) in [6.45, 7) is 0. The predicted molar refractivity (Wildman–Crippen MR) is 73.4 cm³/mol. The van der Waals surface area contributed by atoms with Crippen LogP contribution in [0, 0.1) is 11.8 Å².